The fourth-order valence-electron chi connectivity index (χ4n) is 2.56. The highest BCUT2D eigenvalue weighted by molar-refractivity contribution is 7.29. The van der Waals surface area contributed by atoms with E-state index >= 15 is 0 Å². The van der Waals surface area contributed by atoms with Crippen molar-refractivity contribution in [2.45, 2.75) is 0 Å². The number of anilines is 2. The second-order valence-corrected chi connectivity index (χ2v) is 7.39. The molecular formula is C16H18Cl2N4OS2. The first-order valence-electron chi connectivity index (χ1n) is 7.52. The highest BCUT2D eigenvalue weighted by atomic mass is 35.5. The maximum absolute atomic E-state index is 12.5. The molecule has 1 fully saturated rings. The van der Waals surface area contributed by atoms with Gasteiger partial charge < -0.3 is 15.5 Å². The standard InChI is InChI=1S/C16H16N4OS2.2ClH/c21-15(20-8-6-17-7-9-20)13-10-12-14(22-13)19-16(23-12)18-11-4-2-1-3-5-11;;/h1-5,10,17H,6-9H2,(H,18,19);2*1H. The normalized spacial score (nSPS) is 13.8. The van der Waals surface area contributed by atoms with Gasteiger partial charge in [0.2, 0.25) is 0 Å². The van der Waals surface area contributed by atoms with Gasteiger partial charge in [-0.25, -0.2) is 4.98 Å². The van der Waals surface area contributed by atoms with E-state index in [4.69, 9.17) is 0 Å². The number of carbonyl (C=O) groups excluding carboxylic acids is 1. The molecule has 9 heteroatoms. The maximum atomic E-state index is 12.5. The Labute approximate surface area is 166 Å². The van der Waals surface area contributed by atoms with Gasteiger partial charge in [-0.3, -0.25) is 4.79 Å². The first-order chi connectivity index (χ1) is 11.3. The van der Waals surface area contributed by atoms with Crippen molar-refractivity contribution in [1.82, 2.24) is 15.2 Å². The molecule has 0 unspecified atom stereocenters. The van der Waals surface area contributed by atoms with E-state index in [9.17, 15) is 4.79 Å². The highest BCUT2D eigenvalue weighted by Gasteiger charge is 2.21. The van der Waals surface area contributed by atoms with Gasteiger partial charge in [0.15, 0.2) is 5.13 Å². The van der Waals surface area contributed by atoms with Crippen molar-refractivity contribution in [3.05, 3.63) is 41.3 Å². The monoisotopic (exact) mass is 416 g/mol. The number of amides is 1. The lowest BCUT2D eigenvalue weighted by Gasteiger charge is -2.26. The van der Waals surface area contributed by atoms with Crippen LogP contribution in [0.15, 0.2) is 36.4 Å². The van der Waals surface area contributed by atoms with Gasteiger partial charge in [0.25, 0.3) is 5.91 Å². The Kier molecular flexibility index (Phi) is 7.04. The molecule has 2 N–H and O–H groups in total. The van der Waals surface area contributed by atoms with Crippen molar-refractivity contribution in [2.75, 3.05) is 31.5 Å². The van der Waals surface area contributed by atoms with Crippen LogP contribution in [0.1, 0.15) is 9.67 Å². The van der Waals surface area contributed by atoms with E-state index in [1.54, 1.807) is 11.3 Å². The molecule has 0 atom stereocenters. The van der Waals surface area contributed by atoms with E-state index in [0.29, 0.717) is 0 Å². The summed E-state index contributed by atoms with van der Waals surface area (Å²) in [7, 11) is 0. The average molecular weight is 417 g/mol. The molecular weight excluding hydrogens is 399 g/mol. The Morgan fingerprint density at radius 2 is 1.84 bits per heavy atom. The van der Waals surface area contributed by atoms with Gasteiger partial charge in [0, 0.05) is 31.9 Å². The van der Waals surface area contributed by atoms with Crippen molar-refractivity contribution >= 4 is 73.7 Å². The first-order valence-corrected chi connectivity index (χ1v) is 9.15. The Bertz CT molecular complexity index is 800. The summed E-state index contributed by atoms with van der Waals surface area (Å²) in [5.74, 6) is 0.124. The number of hydrogen-bond donors (Lipinski definition) is 2. The Hall–Kier alpha value is -1.38. The van der Waals surface area contributed by atoms with Crippen molar-refractivity contribution in [3.8, 4) is 0 Å². The van der Waals surface area contributed by atoms with Crippen LogP contribution < -0.4 is 10.6 Å². The van der Waals surface area contributed by atoms with Crippen LogP contribution in [0.25, 0.3) is 9.53 Å². The van der Waals surface area contributed by atoms with Crippen LogP contribution >= 0.6 is 47.5 Å². The third-order valence-electron chi connectivity index (χ3n) is 3.73. The van der Waals surface area contributed by atoms with Gasteiger partial charge in [-0.2, -0.15) is 0 Å². The number of nitrogens with zero attached hydrogens (tertiary/aromatic N) is 2. The predicted molar refractivity (Wildman–Crippen MR) is 110 cm³/mol. The van der Waals surface area contributed by atoms with E-state index in [2.05, 4.69) is 15.6 Å². The van der Waals surface area contributed by atoms with Crippen molar-refractivity contribution < 1.29 is 4.79 Å². The van der Waals surface area contributed by atoms with Gasteiger partial charge in [-0.05, 0) is 18.2 Å². The smallest absolute Gasteiger partial charge is 0.264 e. The lowest BCUT2D eigenvalue weighted by molar-refractivity contribution is 0.0741. The predicted octanol–water partition coefficient (Wildman–Crippen LogP) is 3.99. The average Bonchev–Trinajstić information content (AvgIpc) is 3.14. The van der Waals surface area contributed by atoms with Crippen LogP contribution in [0.5, 0.6) is 0 Å². The molecule has 1 aromatic carbocycles. The number of halogens is 2. The van der Waals surface area contributed by atoms with Crippen LogP contribution in [-0.4, -0.2) is 42.0 Å². The van der Waals surface area contributed by atoms with E-state index in [-0.39, 0.29) is 30.7 Å². The molecule has 0 aliphatic carbocycles. The molecule has 0 radical (unpaired) electrons. The van der Waals surface area contributed by atoms with Crippen molar-refractivity contribution in [1.29, 1.82) is 0 Å². The molecule has 1 aliphatic rings. The largest absolute Gasteiger partial charge is 0.335 e. The molecule has 0 saturated carbocycles. The molecule has 1 aliphatic heterocycles. The van der Waals surface area contributed by atoms with Gasteiger partial charge >= 0.3 is 0 Å². The fourth-order valence-corrected chi connectivity index (χ4v) is 4.67. The molecule has 1 saturated heterocycles. The number of benzene rings is 1. The number of aromatic nitrogens is 1. The summed E-state index contributed by atoms with van der Waals surface area (Å²) in [4.78, 5) is 20.7. The van der Waals surface area contributed by atoms with E-state index in [0.717, 1.165) is 51.4 Å². The van der Waals surface area contributed by atoms with Crippen LogP contribution in [0.4, 0.5) is 10.8 Å². The third-order valence-corrected chi connectivity index (χ3v) is 5.79. The van der Waals surface area contributed by atoms with Crippen LogP contribution in [-0.2, 0) is 0 Å². The zero-order valence-corrected chi connectivity index (χ0v) is 16.5. The summed E-state index contributed by atoms with van der Waals surface area (Å²) >= 11 is 3.06. The molecule has 4 rings (SSSR count). The Morgan fingerprint density at radius 1 is 1.12 bits per heavy atom. The molecule has 0 bridgehead atoms. The lowest BCUT2D eigenvalue weighted by atomic mass is 10.3. The second-order valence-electron chi connectivity index (χ2n) is 5.33. The van der Waals surface area contributed by atoms with E-state index in [1.807, 2.05) is 41.3 Å². The van der Waals surface area contributed by atoms with Crippen molar-refractivity contribution in [2.24, 2.45) is 0 Å². The van der Waals surface area contributed by atoms with Gasteiger partial charge in [-0.1, -0.05) is 29.5 Å². The number of para-hydroxylation sites is 1. The molecule has 0 spiro atoms. The maximum Gasteiger partial charge on any atom is 0.264 e. The van der Waals surface area contributed by atoms with Crippen LogP contribution in [0.2, 0.25) is 0 Å². The number of thiazole rings is 1. The number of nitrogens with one attached hydrogen (secondary N) is 2. The van der Waals surface area contributed by atoms with Gasteiger partial charge in [0.1, 0.15) is 4.83 Å². The molecule has 3 aromatic rings. The molecule has 134 valence electrons. The van der Waals surface area contributed by atoms with Gasteiger partial charge in [-0.15, -0.1) is 36.2 Å². The first kappa shape index (κ1) is 19.9. The molecule has 1 amide bonds. The summed E-state index contributed by atoms with van der Waals surface area (Å²) in [5.41, 5.74) is 1.02. The molecule has 25 heavy (non-hydrogen) atoms. The molecule has 3 heterocycles. The number of carbonyl (C=O) groups is 1. The SMILES string of the molecule is Cl.Cl.O=C(c1cc2sc(Nc3ccccc3)nc2s1)N1CCNCC1. The topological polar surface area (TPSA) is 57.3 Å². The Balaban J connectivity index is 0.00000113. The summed E-state index contributed by atoms with van der Waals surface area (Å²) in [6, 6.07) is 12.0. The van der Waals surface area contributed by atoms with Gasteiger partial charge in [0.05, 0.1) is 9.58 Å². The van der Waals surface area contributed by atoms with Crippen molar-refractivity contribution in [3.63, 3.8) is 0 Å². The number of piperazine rings is 1. The highest BCUT2D eigenvalue weighted by Crippen LogP contribution is 2.34. The zero-order valence-electron chi connectivity index (χ0n) is 13.2. The number of rotatable bonds is 3. The summed E-state index contributed by atoms with van der Waals surface area (Å²) in [6.45, 7) is 3.29. The number of hydrogen-bond acceptors (Lipinski definition) is 6. The minimum absolute atomic E-state index is 0. The second kappa shape index (κ2) is 8.82. The summed E-state index contributed by atoms with van der Waals surface area (Å²) in [6.07, 6.45) is 0. The quantitative estimate of drug-likeness (QED) is 0.677. The summed E-state index contributed by atoms with van der Waals surface area (Å²) in [5, 5.41) is 7.43. The minimum Gasteiger partial charge on any atom is -0.335 e. The van der Waals surface area contributed by atoms with E-state index < -0.39 is 0 Å². The zero-order chi connectivity index (χ0) is 15.6. The third kappa shape index (κ3) is 4.43. The number of fused-ring (bicyclic) bond motifs is 1. The lowest BCUT2D eigenvalue weighted by Crippen LogP contribution is -2.46. The summed E-state index contributed by atoms with van der Waals surface area (Å²) < 4.78 is 1.06. The molecule has 5 nitrogen and oxygen atoms in total. The number of thiophene rings is 1. The Morgan fingerprint density at radius 3 is 2.52 bits per heavy atom. The minimum atomic E-state index is 0. The fraction of sp³-hybridized carbons (Fsp3) is 0.250. The van der Waals surface area contributed by atoms with Crippen LogP contribution in [0, 0.1) is 0 Å². The van der Waals surface area contributed by atoms with E-state index in [1.165, 1.54) is 11.3 Å². The molecule has 2 aromatic heterocycles. The van der Waals surface area contributed by atoms with Crippen LogP contribution in [0.3, 0.4) is 0 Å².